The van der Waals surface area contributed by atoms with Crippen molar-refractivity contribution in [3.05, 3.63) is 11.1 Å². The summed E-state index contributed by atoms with van der Waals surface area (Å²) in [6, 6.07) is 0. The minimum Gasteiger partial charge on any atom is -0.394 e. The Kier molecular flexibility index (Phi) is 7.90. The summed E-state index contributed by atoms with van der Waals surface area (Å²) in [5, 5.41) is 52.8. The zero-order chi connectivity index (χ0) is 31.5. The Morgan fingerprint density at radius 2 is 1.51 bits per heavy atom. The molecule has 4 fully saturated rings. The lowest BCUT2D eigenvalue weighted by Gasteiger charge is -2.68. The lowest BCUT2D eigenvalue weighted by atomic mass is 9.37. The van der Waals surface area contributed by atoms with Gasteiger partial charge in [-0.15, -0.1) is 0 Å². The molecule has 7 heteroatoms. The van der Waals surface area contributed by atoms with Crippen molar-refractivity contribution in [2.45, 2.75) is 156 Å². The average molecular weight is 605 g/mol. The molecule has 0 bridgehead atoms. The van der Waals surface area contributed by atoms with Gasteiger partial charge in [0.05, 0.1) is 18.8 Å². The Balaban J connectivity index is 1.30. The van der Waals surface area contributed by atoms with Crippen molar-refractivity contribution in [3.8, 4) is 0 Å². The minimum absolute atomic E-state index is 0.146. The molecule has 0 unspecified atom stereocenters. The van der Waals surface area contributed by atoms with Gasteiger partial charge in [-0.25, -0.2) is 0 Å². The van der Waals surface area contributed by atoms with Crippen LogP contribution < -0.4 is 0 Å². The van der Waals surface area contributed by atoms with E-state index in [0.29, 0.717) is 17.3 Å². The van der Waals surface area contributed by atoms with Crippen LogP contribution in [0.1, 0.15) is 113 Å². The molecule has 14 atom stereocenters. The van der Waals surface area contributed by atoms with Crippen LogP contribution in [0.15, 0.2) is 11.1 Å². The SMILES string of the molecule is CC(C)[C@H]1CC[C@@H]2[C@]1(C)CC[C@]1(C)C3=C(CC[C@@]21C)[C@@]1(C)C[C@@H](O)[C@H](O[C@@H]2O[C@H](CO)[C@@H](O)[C@H](O)[C@H]2O)C(C)(C)[C@@H]1CC3. The number of hydrogen-bond acceptors (Lipinski definition) is 7. The molecule has 6 aliphatic rings. The quantitative estimate of drug-likeness (QED) is 0.288. The highest BCUT2D eigenvalue weighted by Crippen LogP contribution is 2.76. The van der Waals surface area contributed by atoms with Crippen molar-refractivity contribution < 1.29 is 35.0 Å². The van der Waals surface area contributed by atoms with Crippen LogP contribution in [0, 0.1) is 50.7 Å². The lowest BCUT2D eigenvalue weighted by molar-refractivity contribution is -0.335. The fourth-order valence-corrected chi connectivity index (χ4v) is 12.9. The highest BCUT2D eigenvalue weighted by atomic mass is 16.7. The molecule has 1 heterocycles. The second-order valence-electron chi connectivity index (χ2n) is 17.5. The van der Waals surface area contributed by atoms with E-state index in [1.165, 1.54) is 32.1 Å². The predicted molar refractivity (Wildman–Crippen MR) is 165 cm³/mol. The molecule has 0 aromatic carbocycles. The van der Waals surface area contributed by atoms with Gasteiger partial charge in [0.1, 0.15) is 24.4 Å². The molecule has 0 aromatic rings. The Hall–Kier alpha value is -0.540. The van der Waals surface area contributed by atoms with Crippen LogP contribution in [-0.2, 0) is 9.47 Å². The molecule has 0 radical (unpaired) electrons. The monoisotopic (exact) mass is 604 g/mol. The molecular weight excluding hydrogens is 544 g/mol. The van der Waals surface area contributed by atoms with Crippen LogP contribution in [0.4, 0.5) is 0 Å². The van der Waals surface area contributed by atoms with Crippen molar-refractivity contribution in [3.63, 3.8) is 0 Å². The summed E-state index contributed by atoms with van der Waals surface area (Å²) in [5.74, 6) is 2.59. The van der Waals surface area contributed by atoms with Crippen molar-refractivity contribution in [1.29, 1.82) is 0 Å². The van der Waals surface area contributed by atoms with Crippen LogP contribution in [0.5, 0.6) is 0 Å². The zero-order valence-corrected chi connectivity index (χ0v) is 28.0. The average Bonchev–Trinajstić information content (AvgIpc) is 3.30. The van der Waals surface area contributed by atoms with Crippen molar-refractivity contribution in [2.24, 2.45) is 50.7 Å². The van der Waals surface area contributed by atoms with Gasteiger partial charge >= 0.3 is 0 Å². The van der Waals surface area contributed by atoms with E-state index in [-0.39, 0.29) is 16.7 Å². The van der Waals surface area contributed by atoms with Gasteiger partial charge < -0.3 is 35.0 Å². The van der Waals surface area contributed by atoms with E-state index in [9.17, 15) is 25.5 Å². The van der Waals surface area contributed by atoms with E-state index in [0.717, 1.165) is 37.0 Å². The maximum absolute atomic E-state index is 11.8. The second kappa shape index (κ2) is 10.5. The van der Waals surface area contributed by atoms with Gasteiger partial charge in [-0.2, -0.15) is 0 Å². The van der Waals surface area contributed by atoms with E-state index >= 15 is 0 Å². The molecule has 7 nitrogen and oxygen atoms in total. The maximum Gasteiger partial charge on any atom is 0.187 e. The van der Waals surface area contributed by atoms with Crippen LogP contribution >= 0.6 is 0 Å². The number of aliphatic hydroxyl groups is 5. The molecule has 5 aliphatic carbocycles. The number of rotatable bonds is 4. The molecule has 1 saturated heterocycles. The van der Waals surface area contributed by atoms with E-state index in [2.05, 4.69) is 55.4 Å². The smallest absolute Gasteiger partial charge is 0.187 e. The normalized spacial score (nSPS) is 54.6. The van der Waals surface area contributed by atoms with Gasteiger partial charge in [0.15, 0.2) is 6.29 Å². The summed E-state index contributed by atoms with van der Waals surface area (Å²) >= 11 is 0. The molecule has 43 heavy (non-hydrogen) atoms. The molecule has 5 N–H and O–H groups in total. The molecule has 6 rings (SSSR count). The lowest BCUT2D eigenvalue weighted by Crippen LogP contribution is -2.65. The fraction of sp³-hybridized carbons (Fsp3) is 0.944. The van der Waals surface area contributed by atoms with Gasteiger partial charge in [0.25, 0.3) is 0 Å². The Morgan fingerprint density at radius 3 is 2.16 bits per heavy atom. The Labute approximate surface area is 259 Å². The molecule has 3 saturated carbocycles. The first-order valence-electron chi connectivity index (χ1n) is 17.3. The van der Waals surface area contributed by atoms with E-state index in [4.69, 9.17) is 9.47 Å². The molecule has 0 aromatic heterocycles. The predicted octanol–water partition coefficient (Wildman–Crippen LogP) is 4.96. The van der Waals surface area contributed by atoms with Crippen LogP contribution in [0.2, 0.25) is 0 Å². The third kappa shape index (κ3) is 4.30. The van der Waals surface area contributed by atoms with Crippen molar-refractivity contribution >= 4 is 0 Å². The molecule has 0 amide bonds. The third-order valence-corrected chi connectivity index (χ3v) is 15.2. The van der Waals surface area contributed by atoms with Gasteiger partial charge in [0.2, 0.25) is 0 Å². The number of hydrogen-bond donors (Lipinski definition) is 5. The summed E-state index contributed by atoms with van der Waals surface area (Å²) in [7, 11) is 0. The minimum atomic E-state index is -1.50. The van der Waals surface area contributed by atoms with Crippen molar-refractivity contribution in [1.82, 2.24) is 0 Å². The number of ether oxygens (including phenoxy) is 2. The summed E-state index contributed by atoms with van der Waals surface area (Å²) in [6.07, 6.45) is 2.22. The van der Waals surface area contributed by atoms with E-state index in [1.807, 2.05) is 0 Å². The van der Waals surface area contributed by atoms with Crippen LogP contribution in [-0.4, -0.2) is 75.1 Å². The van der Waals surface area contributed by atoms with Crippen LogP contribution in [0.3, 0.4) is 0 Å². The molecule has 1 aliphatic heterocycles. The first-order chi connectivity index (χ1) is 20.0. The van der Waals surface area contributed by atoms with E-state index < -0.39 is 54.9 Å². The first kappa shape index (κ1) is 32.4. The molecule has 0 spiro atoms. The molecular formula is C36H60O7. The topological polar surface area (TPSA) is 120 Å². The Bertz CT molecular complexity index is 1120. The number of fused-ring (bicyclic) bond motifs is 6. The van der Waals surface area contributed by atoms with Gasteiger partial charge in [-0.1, -0.05) is 66.5 Å². The number of aliphatic hydroxyl groups excluding tert-OH is 5. The molecule has 246 valence electrons. The Morgan fingerprint density at radius 1 is 0.814 bits per heavy atom. The zero-order valence-electron chi connectivity index (χ0n) is 28.0. The fourth-order valence-electron chi connectivity index (χ4n) is 12.9. The standard InChI is InChI=1S/C36H60O7/c1-19(2)20-9-12-26-33(20,5)15-16-35(7)22-10-11-25-32(3,4)30(43-31-29(41)28(40)27(39)24(18-37)42-31)23(38)17-34(25,6)21(22)13-14-36(26,35)8/h19-20,23-31,37-41H,9-18H2,1-8H3/t20-,23-,24-,25+,26-,27-,28+,29-,30+,31+,33-,34-,35-,36+/m1/s1. The van der Waals surface area contributed by atoms with Crippen LogP contribution in [0.25, 0.3) is 0 Å². The summed E-state index contributed by atoms with van der Waals surface area (Å²) < 4.78 is 12.1. The summed E-state index contributed by atoms with van der Waals surface area (Å²) in [4.78, 5) is 0. The highest BCUT2D eigenvalue weighted by Gasteiger charge is 2.68. The largest absolute Gasteiger partial charge is 0.394 e. The first-order valence-corrected chi connectivity index (χ1v) is 17.3. The third-order valence-electron chi connectivity index (χ3n) is 15.2. The summed E-state index contributed by atoms with van der Waals surface area (Å²) in [5.41, 5.74) is 3.63. The highest BCUT2D eigenvalue weighted by molar-refractivity contribution is 5.39. The van der Waals surface area contributed by atoms with E-state index in [1.54, 1.807) is 11.1 Å². The summed E-state index contributed by atoms with van der Waals surface area (Å²) in [6.45, 7) is 19.0. The van der Waals surface area contributed by atoms with Gasteiger partial charge in [0, 0.05) is 0 Å². The van der Waals surface area contributed by atoms with Gasteiger partial charge in [-0.05, 0) is 109 Å². The van der Waals surface area contributed by atoms with Crippen molar-refractivity contribution in [2.75, 3.05) is 6.61 Å². The second-order valence-corrected chi connectivity index (χ2v) is 17.5. The van der Waals surface area contributed by atoms with Gasteiger partial charge in [-0.3, -0.25) is 0 Å². The maximum atomic E-state index is 11.8. The number of allylic oxidation sites excluding steroid dienone is 2.